The second-order valence-electron chi connectivity index (χ2n) is 5.83. The number of rotatable bonds is 6. The fourth-order valence-corrected chi connectivity index (χ4v) is 3.71. The lowest BCUT2D eigenvalue weighted by molar-refractivity contribution is -0.115. The molecular weight excluding hydrogens is 419 g/mol. The van der Waals surface area contributed by atoms with Crippen LogP contribution in [0.25, 0.3) is 0 Å². The fraction of sp³-hybridized carbons (Fsp3) is 0.100. The molecule has 3 rings (SSSR count). The maximum Gasteiger partial charge on any atom is 0.291 e. The van der Waals surface area contributed by atoms with Gasteiger partial charge >= 0.3 is 0 Å². The minimum Gasteiger partial charge on any atom is -0.459 e. The van der Waals surface area contributed by atoms with Crippen LogP contribution in [0.1, 0.15) is 17.5 Å². The number of halogens is 2. The molecule has 0 aliphatic carbocycles. The number of nitrogens with one attached hydrogen (secondary N) is 2. The summed E-state index contributed by atoms with van der Waals surface area (Å²) in [5.74, 6) is -0.305. The Hall–Kier alpha value is -2.41. The Labute approximate surface area is 176 Å². The summed E-state index contributed by atoms with van der Waals surface area (Å²) >= 11 is 13.3. The number of thioether (sulfide) groups is 1. The van der Waals surface area contributed by atoms with Gasteiger partial charge in [-0.1, -0.05) is 29.3 Å². The van der Waals surface area contributed by atoms with Crippen LogP contribution in [0.2, 0.25) is 10.0 Å². The Bertz CT molecular complexity index is 993. The van der Waals surface area contributed by atoms with E-state index < -0.39 is 0 Å². The van der Waals surface area contributed by atoms with Crippen molar-refractivity contribution in [2.24, 2.45) is 0 Å². The van der Waals surface area contributed by atoms with Crippen LogP contribution in [0.4, 0.5) is 11.4 Å². The van der Waals surface area contributed by atoms with E-state index in [0.717, 1.165) is 4.90 Å². The van der Waals surface area contributed by atoms with Gasteiger partial charge < -0.3 is 15.1 Å². The Morgan fingerprint density at radius 2 is 1.86 bits per heavy atom. The zero-order valence-electron chi connectivity index (χ0n) is 14.7. The van der Waals surface area contributed by atoms with Gasteiger partial charge in [0.15, 0.2) is 5.76 Å². The summed E-state index contributed by atoms with van der Waals surface area (Å²) in [7, 11) is 0. The van der Waals surface area contributed by atoms with Crippen molar-refractivity contribution in [3.8, 4) is 0 Å². The molecular formula is C20H16Cl2N2O3S. The molecule has 3 aromatic rings. The molecule has 2 aromatic carbocycles. The maximum absolute atomic E-state index is 12.5. The highest BCUT2D eigenvalue weighted by Gasteiger charge is 2.16. The molecule has 1 atom stereocenters. The number of hydrogen-bond donors (Lipinski definition) is 2. The molecule has 5 nitrogen and oxygen atoms in total. The molecule has 1 heterocycles. The van der Waals surface area contributed by atoms with E-state index in [1.807, 2.05) is 6.07 Å². The molecule has 1 unspecified atom stereocenters. The number of amides is 2. The maximum atomic E-state index is 12.5. The summed E-state index contributed by atoms with van der Waals surface area (Å²) in [6.45, 7) is 1.79. The molecule has 0 radical (unpaired) electrons. The van der Waals surface area contributed by atoms with Crippen molar-refractivity contribution >= 4 is 58.2 Å². The molecule has 2 amide bonds. The lowest BCUT2D eigenvalue weighted by Crippen LogP contribution is -2.22. The van der Waals surface area contributed by atoms with Crippen LogP contribution in [0.3, 0.4) is 0 Å². The number of hydrogen-bond acceptors (Lipinski definition) is 4. The molecule has 0 aliphatic heterocycles. The average molecular weight is 435 g/mol. The molecule has 0 saturated heterocycles. The van der Waals surface area contributed by atoms with Crippen LogP contribution >= 0.6 is 35.0 Å². The van der Waals surface area contributed by atoms with Gasteiger partial charge in [0.25, 0.3) is 5.91 Å². The van der Waals surface area contributed by atoms with E-state index in [0.29, 0.717) is 21.4 Å². The van der Waals surface area contributed by atoms with Crippen molar-refractivity contribution in [3.05, 3.63) is 76.7 Å². The smallest absolute Gasteiger partial charge is 0.291 e. The average Bonchev–Trinajstić information content (AvgIpc) is 3.19. The first-order valence-electron chi connectivity index (χ1n) is 8.30. The third-order valence-corrected chi connectivity index (χ3v) is 5.35. The highest BCUT2D eigenvalue weighted by molar-refractivity contribution is 8.00. The number of carbonyl (C=O) groups is 2. The van der Waals surface area contributed by atoms with Gasteiger partial charge in [-0.25, -0.2) is 0 Å². The van der Waals surface area contributed by atoms with Crippen molar-refractivity contribution in [2.45, 2.75) is 17.1 Å². The molecule has 0 aliphatic rings. The Kier molecular flexibility index (Phi) is 6.67. The number of furan rings is 1. The van der Waals surface area contributed by atoms with Gasteiger partial charge in [0.2, 0.25) is 5.91 Å². The molecule has 144 valence electrons. The number of benzene rings is 2. The third-order valence-electron chi connectivity index (χ3n) is 3.71. The van der Waals surface area contributed by atoms with Crippen LogP contribution in [-0.4, -0.2) is 17.1 Å². The predicted molar refractivity (Wildman–Crippen MR) is 114 cm³/mol. The van der Waals surface area contributed by atoms with Gasteiger partial charge in [-0.15, -0.1) is 11.8 Å². The van der Waals surface area contributed by atoms with Crippen LogP contribution in [0.5, 0.6) is 0 Å². The Morgan fingerprint density at radius 3 is 2.57 bits per heavy atom. The summed E-state index contributed by atoms with van der Waals surface area (Å²) in [6.07, 6.45) is 1.44. The Balaban J connectivity index is 1.62. The molecule has 28 heavy (non-hydrogen) atoms. The van der Waals surface area contributed by atoms with Gasteiger partial charge in [-0.3, -0.25) is 9.59 Å². The summed E-state index contributed by atoms with van der Waals surface area (Å²) in [4.78, 5) is 25.4. The second kappa shape index (κ2) is 9.19. The van der Waals surface area contributed by atoms with E-state index in [9.17, 15) is 9.59 Å². The molecule has 1 aromatic heterocycles. The minimum absolute atomic E-state index is 0.195. The van der Waals surface area contributed by atoms with Crippen molar-refractivity contribution in [1.29, 1.82) is 0 Å². The lowest BCUT2D eigenvalue weighted by Gasteiger charge is -2.14. The molecule has 0 fully saturated rings. The first-order chi connectivity index (χ1) is 13.4. The normalized spacial score (nSPS) is 11.7. The van der Waals surface area contributed by atoms with E-state index >= 15 is 0 Å². The zero-order valence-corrected chi connectivity index (χ0v) is 17.1. The predicted octanol–water partition coefficient (Wildman–Crippen LogP) is 5.96. The van der Waals surface area contributed by atoms with Crippen LogP contribution in [-0.2, 0) is 4.79 Å². The SMILES string of the molecule is CC(Sc1cccc(NC(=O)c2ccco2)c1)C(=O)Nc1ccc(Cl)cc1Cl. The van der Waals surface area contributed by atoms with E-state index in [2.05, 4.69) is 10.6 Å². The zero-order chi connectivity index (χ0) is 20.1. The number of anilines is 2. The van der Waals surface area contributed by atoms with Gasteiger partial charge in [0.05, 0.1) is 22.2 Å². The molecule has 2 N–H and O–H groups in total. The highest BCUT2D eigenvalue weighted by Crippen LogP contribution is 2.29. The molecule has 0 saturated carbocycles. The van der Waals surface area contributed by atoms with Crippen LogP contribution in [0.15, 0.2) is 70.2 Å². The Morgan fingerprint density at radius 1 is 1.04 bits per heavy atom. The second-order valence-corrected chi connectivity index (χ2v) is 8.09. The first-order valence-corrected chi connectivity index (χ1v) is 9.93. The van der Waals surface area contributed by atoms with Gasteiger partial charge in [0.1, 0.15) is 0 Å². The van der Waals surface area contributed by atoms with Crippen molar-refractivity contribution in [2.75, 3.05) is 10.6 Å². The van der Waals surface area contributed by atoms with Crippen molar-refractivity contribution < 1.29 is 14.0 Å². The van der Waals surface area contributed by atoms with E-state index in [1.54, 1.807) is 55.5 Å². The largest absolute Gasteiger partial charge is 0.459 e. The number of carbonyl (C=O) groups excluding carboxylic acids is 2. The van der Waals surface area contributed by atoms with E-state index in [1.165, 1.54) is 18.0 Å². The van der Waals surface area contributed by atoms with Crippen LogP contribution in [0, 0.1) is 0 Å². The van der Waals surface area contributed by atoms with E-state index in [4.69, 9.17) is 27.6 Å². The summed E-state index contributed by atoms with van der Waals surface area (Å²) in [5, 5.41) is 6.04. The standard InChI is InChI=1S/C20H16Cl2N2O3S/c1-12(19(25)24-17-8-7-13(21)10-16(17)22)28-15-5-2-4-14(11-15)23-20(26)18-6-3-9-27-18/h2-12H,1H3,(H,23,26)(H,24,25). The van der Waals surface area contributed by atoms with E-state index in [-0.39, 0.29) is 22.8 Å². The molecule has 0 spiro atoms. The first kappa shape index (κ1) is 20.3. The minimum atomic E-state index is -0.386. The highest BCUT2D eigenvalue weighted by atomic mass is 35.5. The van der Waals surface area contributed by atoms with Crippen molar-refractivity contribution in [1.82, 2.24) is 0 Å². The van der Waals surface area contributed by atoms with Crippen LogP contribution < -0.4 is 10.6 Å². The quantitative estimate of drug-likeness (QED) is 0.469. The summed E-state index contributed by atoms with van der Waals surface area (Å²) < 4.78 is 5.08. The molecule has 8 heteroatoms. The summed E-state index contributed by atoms with van der Waals surface area (Å²) in [6, 6.07) is 15.4. The fourth-order valence-electron chi connectivity index (χ4n) is 2.33. The topological polar surface area (TPSA) is 71.3 Å². The van der Waals surface area contributed by atoms with Crippen molar-refractivity contribution in [3.63, 3.8) is 0 Å². The van der Waals surface area contributed by atoms with Gasteiger partial charge in [-0.2, -0.15) is 0 Å². The third kappa shape index (κ3) is 5.32. The monoisotopic (exact) mass is 434 g/mol. The molecule has 0 bridgehead atoms. The summed E-state index contributed by atoms with van der Waals surface area (Å²) in [5.41, 5.74) is 1.11. The van der Waals surface area contributed by atoms with Gasteiger partial charge in [-0.05, 0) is 55.5 Å². The van der Waals surface area contributed by atoms with Gasteiger partial charge in [0, 0.05) is 15.6 Å². The lowest BCUT2D eigenvalue weighted by atomic mass is 10.3.